The number of hydrogen-bond acceptors (Lipinski definition) is 2. The summed E-state index contributed by atoms with van der Waals surface area (Å²) in [6, 6.07) is -1.22. The van der Waals surface area contributed by atoms with Gasteiger partial charge in [-0.25, -0.2) is 8.78 Å². The Hall–Kier alpha value is -0.660. The Morgan fingerprint density at radius 3 is 2.06 bits per heavy atom. The molecule has 0 fully saturated rings. The first-order chi connectivity index (χ1) is 7.64. The molecule has 0 aromatic heterocycles. The molecule has 17 heavy (non-hydrogen) atoms. The van der Waals surface area contributed by atoms with Crippen LogP contribution in [0.2, 0.25) is 0 Å². The summed E-state index contributed by atoms with van der Waals surface area (Å²) in [7, 11) is 0. The number of nitrogens with one attached hydrogen (secondary N) is 1. The normalized spacial score (nSPS) is 13.9. The van der Waals surface area contributed by atoms with Crippen LogP contribution >= 0.6 is 15.9 Å². The minimum atomic E-state index is -4.79. The number of Topliss-reactive ketones (excluding diaryl/α,β-unsaturated/α-hetero) is 1. The van der Waals surface area contributed by atoms with Gasteiger partial charge in [-0.05, 0) is 5.92 Å². The lowest BCUT2D eigenvalue weighted by Gasteiger charge is -2.23. The van der Waals surface area contributed by atoms with Gasteiger partial charge < -0.3 is 5.32 Å². The van der Waals surface area contributed by atoms with Crippen molar-refractivity contribution in [2.45, 2.75) is 32.2 Å². The molecule has 0 heterocycles. The van der Waals surface area contributed by atoms with Crippen LogP contribution in [-0.2, 0) is 9.59 Å². The van der Waals surface area contributed by atoms with Crippen LogP contribution in [0.3, 0.4) is 0 Å². The number of alkyl halides is 5. The zero-order valence-corrected chi connectivity index (χ0v) is 10.7. The number of amides is 1. The molecule has 1 amide bonds. The van der Waals surface area contributed by atoms with E-state index < -0.39 is 36.0 Å². The molecule has 0 saturated heterocycles. The molecular formula is C9H12BrF4NO2. The van der Waals surface area contributed by atoms with Crippen LogP contribution in [0.15, 0.2) is 0 Å². The van der Waals surface area contributed by atoms with E-state index in [2.05, 4.69) is 15.9 Å². The van der Waals surface area contributed by atoms with Gasteiger partial charge in [0, 0.05) is 0 Å². The third kappa shape index (κ3) is 4.25. The molecule has 0 aliphatic heterocycles. The maximum atomic E-state index is 12.6. The van der Waals surface area contributed by atoms with Gasteiger partial charge in [0.2, 0.25) is 0 Å². The predicted octanol–water partition coefficient (Wildman–Crippen LogP) is 1.99. The van der Waals surface area contributed by atoms with Gasteiger partial charge in [-0.15, -0.1) is 0 Å². The first-order valence-corrected chi connectivity index (χ1v) is 5.82. The summed E-state index contributed by atoms with van der Waals surface area (Å²) in [6.45, 7) is 3.01. The largest absolute Gasteiger partial charge is 0.383 e. The first kappa shape index (κ1) is 16.3. The molecule has 0 rings (SSSR count). The second kappa shape index (κ2) is 6.32. The SMILES string of the molecule is CC(C)C(NC(=O)C(F)(F)C(F)F)C(=O)CBr. The number of hydrogen-bond donors (Lipinski definition) is 1. The predicted molar refractivity (Wildman–Crippen MR) is 56.5 cm³/mol. The van der Waals surface area contributed by atoms with Crippen molar-refractivity contribution in [1.82, 2.24) is 5.32 Å². The summed E-state index contributed by atoms with van der Waals surface area (Å²) >= 11 is 2.82. The lowest BCUT2D eigenvalue weighted by molar-refractivity contribution is -0.170. The molecule has 1 N–H and O–H groups in total. The fraction of sp³-hybridized carbons (Fsp3) is 0.778. The highest BCUT2D eigenvalue weighted by atomic mass is 79.9. The third-order valence-corrected chi connectivity index (χ3v) is 2.56. The van der Waals surface area contributed by atoms with Crippen LogP contribution in [0.4, 0.5) is 17.6 Å². The van der Waals surface area contributed by atoms with Gasteiger partial charge in [0.05, 0.1) is 11.4 Å². The van der Waals surface area contributed by atoms with Gasteiger partial charge in [0.25, 0.3) is 5.91 Å². The second-order valence-electron chi connectivity index (χ2n) is 3.72. The molecule has 0 bridgehead atoms. The van der Waals surface area contributed by atoms with Crippen LogP contribution in [0.5, 0.6) is 0 Å². The fourth-order valence-corrected chi connectivity index (χ4v) is 1.39. The Kier molecular flexibility index (Phi) is 6.08. The average molecular weight is 322 g/mol. The summed E-state index contributed by atoms with van der Waals surface area (Å²) in [5, 5.41) is 1.48. The molecule has 1 unspecified atom stereocenters. The number of ketones is 1. The van der Waals surface area contributed by atoms with Crippen molar-refractivity contribution >= 4 is 27.6 Å². The zero-order chi connectivity index (χ0) is 13.8. The Bertz CT molecular complexity index is 297. The summed E-state index contributed by atoms with van der Waals surface area (Å²) in [5.41, 5.74) is 0. The minimum absolute atomic E-state index is 0.156. The fourth-order valence-electron chi connectivity index (χ4n) is 1.04. The van der Waals surface area contributed by atoms with Crippen molar-refractivity contribution < 1.29 is 27.2 Å². The summed E-state index contributed by atoms with van der Waals surface area (Å²) < 4.78 is 49.1. The number of carbonyl (C=O) groups is 2. The van der Waals surface area contributed by atoms with E-state index >= 15 is 0 Å². The van der Waals surface area contributed by atoms with Gasteiger partial charge >= 0.3 is 12.3 Å². The van der Waals surface area contributed by atoms with Crippen LogP contribution < -0.4 is 5.32 Å². The third-order valence-electron chi connectivity index (χ3n) is 2.01. The van der Waals surface area contributed by atoms with Crippen LogP contribution in [0, 0.1) is 5.92 Å². The van der Waals surface area contributed by atoms with Gasteiger partial charge in [0.15, 0.2) is 5.78 Å². The molecule has 8 heteroatoms. The number of halogens is 5. The van der Waals surface area contributed by atoms with E-state index in [0.717, 1.165) is 0 Å². The maximum Gasteiger partial charge on any atom is 0.383 e. The Morgan fingerprint density at radius 1 is 1.29 bits per heavy atom. The number of rotatable bonds is 6. The highest BCUT2D eigenvalue weighted by Gasteiger charge is 2.49. The minimum Gasteiger partial charge on any atom is -0.341 e. The highest BCUT2D eigenvalue weighted by Crippen LogP contribution is 2.23. The molecule has 0 aromatic rings. The van der Waals surface area contributed by atoms with Crippen LogP contribution in [0.25, 0.3) is 0 Å². The van der Waals surface area contributed by atoms with Crippen LogP contribution in [0.1, 0.15) is 13.8 Å². The van der Waals surface area contributed by atoms with Gasteiger partial charge in [-0.1, -0.05) is 29.8 Å². The van der Waals surface area contributed by atoms with Crippen molar-refractivity contribution in [3.8, 4) is 0 Å². The standard InChI is InChI=1S/C9H12BrF4NO2/c1-4(2)6(5(16)3-10)15-8(17)9(13,14)7(11)12/h4,6-7H,3H2,1-2H3,(H,15,17). The monoisotopic (exact) mass is 321 g/mol. The van der Waals surface area contributed by atoms with Crippen molar-refractivity contribution in [3.63, 3.8) is 0 Å². The van der Waals surface area contributed by atoms with E-state index in [-0.39, 0.29) is 5.33 Å². The number of carbonyl (C=O) groups excluding carboxylic acids is 2. The molecule has 0 radical (unpaired) electrons. The Balaban J connectivity index is 4.79. The average Bonchev–Trinajstić information content (AvgIpc) is 2.23. The van der Waals surface area contributed by atoms with Crippen molar-refractivity contribution in [3.05, 3.63) is 0 Å². The molecule has 100 valence electrons. The smallest absolute Gasteiger partial charge is 0.341 e. The zero-order valence-electron chi connectivity index (χ0n) is 9.15. The Morgan fingerprint density at radius 2 is 1.76 bits per heavy atom. The van der Waals surface area contributed by atoms with E-state index in [1.54, 1.807) is 5.32 Å². The second-order valence-corrected chi connectivity index (χ2v) is 4.28. The van der Waals surface area contributed by atoms with Gasteiger partial charge in [-0.3, -0.25) is 9.59 Å². The maximum absolute atomic E-state index is 12.6. The van der Waals surface area contributed by atoms with E-state index in [1.807, 2.05) is 0 Å². The molecular weight excluding hydrogens is 310 g/mol. The topological polar surface area (TPSA) is 46.2 Å². The molecule has 0 aliphatic rings. The molecule has 1 atom stereocenters. The van der Waals surface area contributed by atoms with Gasteiger partial charge in [-0.2, -0.15) is 8.78 Å². The Labute approximate surface area is 104 Å². The highest BCUT2D eigenvalue weighted by molar-refractivity contribution is 9.09. The molecule has 3 nitrogen and oxygen atoms in total. The molecule has 0 aliphatic carbocycles. The van der Waals surface area contributed by atoms with Crippen LogP contribution in [-0.4, -0.2) is 35.4 Å². The van der Waals surface area contributed by atoms with Crippen molar-refractivity contribution in [2.24, 2.45) is 5.92 Å². The van der Waals surface area contributed by atoms with E-state index in [0.29, 0.717) is 0 Å². The summed E-state index contributed by atoms with van der Waals surface area (Å²) in [4.78, 5) is 22.2. The van der Waals surface area contributed by atoms with Crippen molar-refractivity contribution in [2.75, 3.05) is 5.33 Å². The quantitative estimate of drug-likeness (QED) is 0.600. The van der Waals surface area contributed by atoms with Crippen molar-refractivity contribution in [1.29, 1.82) is 0 Å². The molecule has 0 aromatic carbocycles. The molecule has 0 saturated carbocycles. The molecule has 0 spiro atoms. The van der Waals surface area contributed by atoms with Gasteiger partial charge in [0.1, 0.15) is 0 Å². The lowest BCUT2D eigenvalue weighted by atomic mass is 10.0. The lowest BCUT2D eigenvalue weighted by Crippen LogP contribution is -2.53. The van der Waals surface area contributed by atoms with E-state index in [1.165, 1.54) is 13.8 Å². The summed E-state index contributed by atoms with van der Waals surface area (Å²) in [5.74, 6) is -7.96. The van der Waals surface area contributed by atoms with E-state index in [4.69, 9.17) is 0 Å². The first-order valence-electron chi connectivity index (χ1n) is 4.70. The summed E-state index contributed by atoms with van der Waals surface area (Å²) in [6.07, 6.45) is -4.10. The van der Waals surface area contributed by atoms with E-state index in [9.17, 15) is 27.2 Å².